The highest BCUT2D eigenvalue weighted by Gasteiger charge is 2.37. The number of piperazine rings is 3. The number of halogens is 6. The molecule has 8 aromatic carbocycles. The van der Waals surface area contributed by atoms with Gasteiger partial charge in [-0.3, -0.25) is 64.0 Å². The summed E-state index contributed by atoms with van der Waals surface area (Å²) in [7, 11) is 6.39. The Kier molecular flexibility index (Phi) is 30.6. The van der Waals surface area contributed by atoms with Crippen molar-refractivity contribution in [3.63, 3.8) is 0 Å². The molecule has 0 aliphatic carbocycles. The van der Waals surface area contributed by atoms with E-state index in [0.29, 0.717) is 17.5 Å². The number of carboxylic acid groups (broad SMARTS) is 1. The van der Waals surface area contributed by atoms with Gasteiger partial charge in [0.25, 0.3) is 11.8 Å². The topological polar surface area (TPSA) is 312 Å². The highest BCUT2D eigenvalue weighted by Crippen LogP contribution is 2.44. The number of carboxylic acids is 1. The molecule has 706 valence electrons. The summed E-state index contributed by atoms with van der Waals surface area (Å²) >= 11 is 0. The van der Waals surface area contributed by atoms with Gasteiger partial charge < -0.3 is 50.5 Å². The molecule has 33 heteroatoms. The number of pyridine rings is 3. The Labute approximate surface area is 784 Å². The number of aromatic carboxylic acids is 1. The van der Waals surface area contributed by atoms with Gasteiger partial charge in [-0.25, -0.2) is 46.1 Å². The van der Waals surface area contributed by atoms with Gasteiger partial charge in [0, 0.05) is 193 Å². The standard InChI is InChI=1S/C37H38F2N6O3.C29H30F2N6O3.C20H28N4.C17H12F2N2O3/c1-23-6-8-24(9-7-23)20-44-16-17-45(37(2,3)22-44)21-25-10-13-30(42-19-25)43-36(46)27-12-11-26(34-35(27)41-15-14-40-34)31-32(38)28(47-4)18-29(48-5)33(31)39;1-29(2)16-32-11-12-37(29)15-17-5-8-22(35-14-17)36-28(38)19-7-6-18(26-27(19)34-10-9-33-26)23-24(30)20(39-3)13-21(40-4)25(23)31;1-16-4-6-17(7-5-16)13-23-10-11-24(20(2,3)15-23)14-18-8-9-19(21)22-12-18;1-8-7-11(24-2)14(19)12(13(8)18)9-3-4-10(17(22)23)16-15(9)20-5-6-21-16/h6-15,18-19H,16-17,20-22H2,1-5H3,(H,42,43,46);5-10,13-14,32H,11-12,15-16H2,1-4H3,(H,35,36,38);4-9,12H,10-11,13-15H2,1-3H3,(H2,21,22);3-7H,1-2H3,(H,22,23). The van der Waals surface area contributed by atoms with Crippen LogP contribution in [0.2, 0.25) is 0 Å². The summed E-state index contributed by atoms with van der Waals surface area (Å²) < 4.78 is 116. The number of amides is 2. The fourth-order valence-corrected chi connectivity index (χ4v) is 17.1. The summed E-state index contributed by atoms with van der Waals surface area (Å²) in [6.45, 7) is 32.6. The zero-order valence-corrected chi connectivity index (χ0v) is 78.2. The summed E-state index contributed by atoms with van der Waals surface area (Å²) in [4.78, 5) is 89.0. The van der Waals surface area contributed by atoms with Crippen LogP contribution in [0.4, 0.5) is 43.8 Å². The third-order valence-corrected chi connectivity index (χ3v) is 24.6. The van der Waals surface area contributed by atoms with E-state index in [1.165, 1.54) is 150 Å². The quantitative estimate of drug-likeness (QED) is 0.0372. The number of aryl methyl sites for hydroxylation is 3. The number of nitrogen functional groups attached to an aromatic ring is 1. The molecule has 6 aromatic heterocycles. The number of benzene rings is 8. The van der Waals surface area contributed by atoms with Gasteiger partial charge in [-0.05, 0) is 138 Å². The first-order valence-electron chi connectivity index (χ1n) is 44.1. The fraction of sp³-hybridized carbons (Fsp3) is 0.301. The average molecular weight is 1860 g/mol. The predicted octanol–water partition coefficient (Wildman–Crippen LogP) is 17.7. The van der Waals surface area contributed by atoms with Gasteiger partial charge in [-0.15, -0.1) is 0 Å². The van der Waals surface area contributed by atoms with Crippen LogP contribution in [0.5, 0.6) is 28.7 Å². The molecule has 0 spiro atoms. The van der Waals surface area contributed by atoms with E-state index in [0.717, 1.165) is 115 Å². The highest BCUT2D eigenvalue weighted by atomic mass is 19.2. The molecule has 3 aliphatic heterocycles. The van der Waals surface area contributed by atoms with Gasteiger partial charge in [0.2, 0.25) is 0 Å². The van der Waals surface area contributed by atoms with Gasteiger partial charge in [-0.1, -0.05) is 96.1 Å². The second kappa shape index (κ2) is 42.6. The molecule has 2 amide bonds. The van der Waals surface area contributed by atoms with Crippen molar-refractivity contribution in [2.75, 3.05) is 111 Å². The van der Waals surface area contributed by atoms with E-state index >= 15 is 17.6 Å². The van der Waals surface area contributed by atoms with Crippen molar-refractivity contribution in [2.45, 2.75) is 112 Å². The molecule has 0 unspecified atom stereocenters. The number of nitrogens with zero attached hydrogens (tertiary/aromatic N) is 14. The Morgan fingerprint density at radius 3 is 1.05 bits per heavy atom. The Balaban J connectivity index is 0.000000151. The van der Waals surface area contributed by atoms with Crippen molar-refractivity contribution in [1.82, 2.24) is 74.7 Å². The number of carbonyl (C=O) groups is 3. The number of hydrogen-bond donors (Lipinski definition) is 5. The van der Waals surface area contributed by atoms with E-state index in [-0.39, 0.29) is 123 Å². The molecule has 3 saturated heterocycles. The number of methoxy groups -OCH3 is 5. The number of nitrogens with one attached hydrogen (secondary N) is 3. The molecule has 0 bridgehead atoms. The molecule has 3 aliphatic rings. The van der Waals surface area contributed by atoms with Crippen molar-refractivity contribution in [2.24, 2.45) is 0 Å². The van der Waals surface area contributed by atoms with Crippen molar-refractivity contribution in [1.29, 1.82) is 0 Å². The fourth-order valence-electron chi connectivity index (χ4n) is 17.1. The van der Waals surface area contributed by atoms with Gasteiger partial charge in [0.1, 0.15) is 39.8 Å². The number of aromatic nitrogens is 9. The van der Waals surface area contributed by atoms with E-state index in [9.17, 15) is 28.3 Å². The number of carbonyl (C=O) groups excluding carboxylic acids is 2. The third-order valence-electron chi connectivity index (χ3n) is 24.6. The molecule has 17 rings (SSSR count). The monoisotopic (exact) mass is 1850 g/mol. The van der Waals surface area contributed by atoms with Gasteiger partial charge >= 0.3 is 5.97 Å². The van der Waals surface area contributed by atoms with Crippen LogP contribution in [0, 0.1) is 55.7 Å². The lowest BCUT2D eigenvalue weighted by Crippen LogP contribution is -2.58. The summed E-state index contributed by atoms with van der Waals surface area (Å²) in [5, 5.41) is 18.3. The minimum atomic E-state index is -1.20. The van der Waals surface area contributed by atoms with E-state index in [2.05, 4.69) is 195 Å². The van der Waals surface area contributed by atoms with Crippen LogP contribution in [0.1, 0.15) is 117 Å². The van der Waals surface area contributed by atoms with E-state index < -0.39 is 63.8 Å². The summed E-state index contributed by atoms with van der Waals surface area (Å²) in [6, 6.07) is 40.9. The molecule has 0 saturated carbocycles. The first kappa shape index (κ1) is 97.8. The van der Waals surface area contributed by atoms with Crippen molar-refractivity contribution < 1.29 is 69.5 Å². The van der Waals surface area contributed by atoms with Crippen LogP contribution < -0.4 is 45.4 Å². The number of rotatable bonds is 23. The molecule has 136 heavy (non-hydrogen) atoms. The second-order valence-electron chi connectivity index (χ2n) is 35.4. The molecule has 3 fully saturated rings. The minimum absolute atomic E-state index is 0.0290. The van der Waals surface area contributed by atoms with E-state index in [4.69, 9.17) is 29.4 Å². The molecule has 0 radical (unpaired) electrons. The molecular formula is C103H108F6N18O9. The number of nitrogens with two attached hydrogens (primary N) is 1. The van der Waals surface area contributed by atoms with Crippen LogP contribution in [0.25, 0.3) is 66.5 Å². The third kappa shape index (κ3) is 22.2. The number of ether oxygens (including phenoxy) is 5. The van der Waals surface area contributed by atoms with Crippen LogP contribution in [-0.2, 0) is 32.7 Å². The number of fused-ring (bicyclic) bond motifs is 3. The maximum atomic E-state index is 15.4. The predicted molar refractivity (Wildman–Crippen MR) is 511 cm³/mol. The molecule has 9 heterocycles. The Morgan fingerprint density at radius 1 is 0.382 bits per heavy atom. The lowest BCUT2D eigenvalue weighted by Gasteiger charge is -2.47. The Bertz CT molecular complexity index is 6630. The lowest BCUT2D eigenvalue weighted by molar-refractivity contribution is 0.0102. The van der Waals surface area contributed by atoms with Crippen LogP contribution in [0.15, 0.2) is 195 Å². The van der Waals surface area contributed by atoms with Crippen molar-refractivity contribution in [3.8, 4) is 62.1 Å². The van der Waals surface area contributed by atoms with Crippen LogP contribution >= 0.6 is 0 Å². The van der Waals surface area contributed by atoms with Crippen LogP contribution in [-0.4, -0.2) is 203 Å². The van der Waals surface area contributed by atoms with Gasteiger partial charge in [-0.2, -0.15) is 0 Å². The summed E-state index contributed by atoms with van der Waals surface area (Å²) in [5.74, 6) is -7.05. The molecule has 6 N–H and O–H groups in total. The normalized spacial score (nSPS) is 14.9. The maximum Gasteiger partial charge on any atom is 0.337 e. The zero-order valence-electron chi connectivity index (χ0n) is 78.2. The SMILES string of the molecule is COc1cc(C)c(F)c(-c2ccc(C(=O)O)c3nccnc23)c1F.COc1cc(OC)c(F)c(-c2ccc(C(=O)Nc3ccc(CN4CCN(Cc5ccc(C)cc5)CC4(C)C)cn3)c3nccnc23)c1F.COc1cc(OC)c(F)c(-c2ccc(C(=O)Nc3ccc(CN4CCNCC4(C)C)cn3)c3nccnc23)c1F.Cc1ccc(CN2CCN(Cc3ccc(N)nc3)C(C)(C)C2)cc1. The number of hydrogen-bond acceptors (Lipinski definition) is 24. The molecule has 27 nitrogen and oxygen atoms in total. The highest BCUT2D eigenvalue weighted by molar-refractivity contribution is 6.14. The molecule has 14 aromatic rings. The van der Waals surface area contributed by atoms with Crippen molar-refractivity contribution >= 4 is 68.3 Å². The second-order valence-corrected chi connectivity index (χ2v) is 35.4. The summed E-state index contributed by atoms with van der Waals surface area (Å²) in [5.41, 5.74) is 14.9. The largest absolute Gasteiger partial charge is 0.494 e. The Hall–Kier alpha value is -14.2. The molecule has 0 atom stereocenters. The lowest BCUT2D eigenvalue weighted by atomic mass is 9.97. The average Bonchev–Trinajstić information content (AvgIpc) is 0.749. The van der Waals surface area contributed by atoms with E-state index in [1.54, 1.807) is 24.5 Å². The van der Waals surface area contributed by atoms with E-state index in [1.807, 2.05) is 24.4 Å². The first-order valence-corrected chi connectivity index (χ1v) is 44.1. The van der Waals surface area contributed by atoms with Crippen LogP contribution in [0.3, 0.4) is 0 Å². The Morgan fingerprint density at radius 2 is 0.713 bits per heavy atom. The van der Waals surface area contributed by atoms with Crippen molar-refractivity contribution in [3.05, 3.63) is 291 Å². The first-order chi connectivity index (χ1) is 65.2. The minimum Gasteiger partial charge on any atom is -0.494 e. The maximum absolute atomic E-state index is 15.4. The molecular weight excluding hydrogens is 1750 g/mol. The smallest absolute Gasteiger partial charge is 0.337 e. The summed E-state index contributed by atoms with van der Waals surface area (Å²) in [6.07, 6.45) is 13.7. The van der Waals surface area contributed by atoms with Gasteiger partial charge in [0.15, 0.2) is 57.8 Å². The number of anilines is 3. The van der Waals surface area contributed by atoms with Gasteiger partial charge in [0.05, 0.1) is 85.5 Å². The zero-order chi connectivity index (χ0) is 97.0.